The van der Waals surface area contributed by atoms with Crippen LogP contribution >= 0.6 is 0 Å². The number of hydrogen-bond donors (Lipinski definition) is 0. The summed E-state index contributed by atoms with van der Waals surface area (Å²) in [5, 5.41) is 0. The van der Waals surface area contributed by atoms with Gasteiger partial charge in [0.1, 0.15) is 11.5 Å². The molecule has 0 fully saturated rings. The molecule has 0 aliphatic carbocycles. The predicted octanol–water partition coefficient (Wildman–Crippen LogP) is 11.7. The number of ether oxygens (including phenoxy) is 2. The third-order valence-electron chi connectivity index (χ3n) is 12.5. The van der Waals surface area contributed by atoms with Gasteiger partial charge in [-0.3, -0.25) is 0 Å². The quantitative estimate of drug-likeness (QED) is 0.0887. The van der Waals surface area contributed by atoms with Crippen molar-refractivity contribution in [2.24, 2.45) is 0 Å². The van der Waals surface area contributed by atoms with Gasteiger partial charge < -0.3 is 9.47 Å². The predicted molar refractivity (Wildman–Crippen MR) is 225 cm³/mol. The number of benzene rings is 6. The zero-order chi connectivity index (χ0) is 39.6. The number of hydrogen-bond acceptors (Lipinski definition) is 4. The first-order valence-electron chi connectivity index (χ1n) is 19.4. The van der Waals surface area contributed by atoms with Crippen LogP contribution in [-0.4, -0.2) is 11.9 Å². The smallest absolute Gasteiger partial charge is 0.345 e. The second-order valence-corrected chi connectivity index (χ2v) is 17.3. The van der Waals surface area contributed by atoms with Crippen molar-refractivity contribution in [1.29, 1.82) is 0 Å². The Hall–Kier alpha value is -6.00. The summed E-state index contributed by atoms with van der Waals surface area (Å²) in [7, 11) is 0. The Morgan fingerprint density at radius 1 is 0.339 bits per heavy atom. The van der Waals surface area contributed by atoms with Crippen molar-refractivity contribution in [1.82, 2.24) is 0 Å². The van der Waals surface area contributed by atoms with Gasteiger partial charge >= 0.3 is 11.9 Å². The van der Waals surface area contributed by atoms with E-state index < -0.39 is 33.6 Å². The van der Waals surface area contributed by atoms with Gasteiger partial charge in [-0.05, 0) is 45.5 Å². The van der Waals surface area contributed by atoms with Gasteiger partial charge in [-0.15, -0.1) is 0 Å². The topological polar surface area (TPSA) is 52.6 Å². The van der Waals surface area contributed by atoms with E-state index in [1.54, 1.807) is 0 Å². The van der Waals surface area contributed by atoms with Crippen molar-refractivity contribution in [2.75, 3.05) is 0 Å². The highest BCUT2D eigenvalue weighted by atomic mass is 16.5. The summed E-state index contributed by atoms with van der Waals surface area (Å²) in [6.07, 6.45) is 0. The summed E-state index contributed by atoms with van der Waals surface area (Å²) in [5.41, 5.74) is 7.87. The average molecular weight is 737 g/mol. The highest BCUT2D eigenvalue weighted by Crippen LogP contribution is 2.54. The van der Waals surface area contributed by atoms with Crippen molar-refractivity contribution in [2.45, 2.75) is 77.0 Å². The first-order chi connectivity index (χ1) is 26.6. The number of rotatable bonds is 8. The van der Waals surface area contributed by atoms with Gasteiger partial charge in [0.05, 0.1) is 11.1 Å². The van der Waals surface area contributed by atoms with Crippen molar-refractivity contribution in [3.05, 3.63) is 201 Å². The minimum Gasteiger partial charge on any atom is -0.422 e. The molecule has 0 atom stereocenters. The number of esters is 2. The maximum atomic E-state index is 14.5. The normalized spacial score (nSPS) is 15.6. The lowest BCUT2D eigenvalue weighted by molar-refractivity contribution is -0.129. The van der Waals surface area contributed by atoms with Crippen LogP contribution in [0, 0.1) is 0 Å². The van der Waals surface area contributed by atoms with Crippen molar-refractivity contribution >= 4 is 23.1 Å². The molecule has 6 aromatic carbocycles. The molecule has 0 spiro atoms. The van der Waals surface area contributed by atoms with Gasteiger partial charge in [0, 0.05) is 43.9 Å². The van der Waals surface area contributed by atoms with Crippen LogP contribution in [0.3, 0.4) is 0 Å². The fraction of sp³-hybridized carbons (Fsp3) is 0.231. The molecule has 0 amide bonds. The van der Waals surface area contributed by atoms with Gasteiger partial charge in [0.25, 0.3) is 0 Å². The molecular weight excluding hydrogens is 689 g/mol. The minimum atomic E-state index is -0.559. The molecule has 2 heterocycles. The molecule has 0 unspecified atom stereocenters. The van der Waals surface area contributed by atoms with Gasteiger partial charge in [-0.1, -0.05) is 189 Å². The summed E-state index contributed by atoms with van der Waals surface area (Å²) < 4.78 is 12.7. The van der Waals surface area contributed by atoms with Crippen molar-refractivity contribution in [3.8, 4) is 11.5 Å². The lowest BCUT2D eigenvalue weighted by Crippen LogP contribution is -2.24. The molecule has 8 rings (SSSR count). The van der Waals surface area contributed by atoms with Crippen LogP contribution in [-0.2, 0) is 31.2 Å². The first kappa shape index (κ1) is 36.9. The summed E-state index contributed by atoms with van der Waals surface area (Å²) in [5.74, 6) is -0.163. The monoisotopic (exact) mass is 736 g/mol. The maximum absolute atomic E-state index is 14.5. The van der Waals surface area contributed by atoms with Gasteiger partial charge in [-0.25, -0.2) is 9.59 Å². The molecule has 4 nitrogen and oxygen atoms in total. The van der Waals surface area contributed by atoms with Crippen molar-refractivity contribution < 1.29 is 19.1 Å². The van der Waals surface area contributed by atoms with Crippen LogP contribution in [0.4, 0.5) is 0 Å². The minimum absolute atomic E-state index is 0.234. The van der Waals surface area contributed by atoms with Crippen LogP contribution in [0.1, 0.15) is 111 Å². The van der Waals surface area contributed by atoms with Crippen LogP contribution in [0.15, 0.2) is 146 Å². The lowest BCUT2D eigenvalue weighted by atomic mass is 9.71. The van der Waals surface area contributed by atoms with E-state index in [9.17, 15) is 9.59 Å². The number of fused-ring (bicyclic) bond motifs is 2. The zero-order valence-corrected chi connectivity index (χ0v) is 33.5. The van der Waals surface area contributed by atoms with E-state index in [0.717, 1.165) is 44.5 Å². The maximum Gasteiger partial charge on any atom is 0.345 e. The Morgan fingerprint density at radius 3 is 0.893 bits per heavy atom. The molecule has 0 aromatic heterocycles. The fourth-order valence-corrected chi connectivity index (χ4v) is 8.54. The van der Waals surface area contributed by atoms with Crippen LogP contribution < -0.4 is 9.47 Å². The molecule has 0 radical (unpaired) electrons. The standard InChI is InChI=1S/C52H48O4/c1-49(2,33-21-13-9-14-22-33)37-29-39-43(47(53)55-45(39)41(31-37)51(5,6)35-25-17-11-18-26-35)44-40-30-38(50(3,4)34-23-15-10-16-24-34)32-42(46(40)56-48(44)54)52(7,8)36-27-19-12-20-28-36/h9-32H,1-8H3/b44-43+. The molecule has 0 N–H and O–H groups in total. The largest absolute Gasteiger partial charge is 0.422 e. The lowest BCUT2D eigenvalue weighted by Gasteiger charge is -2.32. The summed E-state index contributed by atoms with van der Waals surface area (Å²) in [6, 6.07) is 49.8. The van der Waals surface area contributed by atoms with E-state index >= 15 is 0 Å². The van der Waals surface area contributed by atoms with E-state index in [0.29, 0.717) is 22.6 Å². The molecule has 2 aliphatic heterocycles. The zero-order valence-electron chi connectivity index (χ0n) is 33.5. The van der Waals surface area contributed by atoms with Gasteiger partial charge in [0.2, 0.25) is 0 Å². The fourth-order valence-electron chi connectivity index (χ4n) is 8.54. The van der Waals surface area contributed by atoms with E-state index in [-0.39, 0.29) is 11.1 Å². The Kier molecular flexibility index (Phi) is 8.80. The molecular formula is C52H48O4. The molecule has 56 heavy (non-hydrogen) atoms. The van der Waals surface area contributed by atoms with Crippen LogP contribution in [0.2, 0.25) is 0 Å². The molecule has 0 bridgehead atoms. The Labute approximate surface area is 330 Å². The molecule has 280 valence electrons. The highest BCUT2D eigenvalue weighted by Gasteiger charge is 2.45. The first-order valence-corrected chi connectivity index (χ1v) is 19.4. The molecule has 4 heteroatoms. The Morgan fingerprint density at radius 2 is 0.607 bits per heavy atom. The molecule has 2 aliphatic rings. The van der Waals surface area contributed by atoms with E-state index in [1.165, 1.54) is 0 Å². The summed E-state index contributed by atoms with van der Waals surface area (Å²) in [4.78, 5) is 29.1. The van der Waals surface area contributed by atoms with Crippen molar-refractivity contribution in [3.63, 3.8) is 0 Å². The Balaban J connectivity index is 1.43. The van der Waals surface area contributed by atoms with Crippen LogP contribution in [0.5, 0.6) is 11.5 Å². The summed E-state index contributed by atoms with van der Waals surface area (Å²) in [6.45, 7) is 17.4. The Bertz CT molecular complexity index is 2340. The van der Waals surface area contributed by atoms with E-state index in [2.05, 4.69) is 128 Å². The SMILES string of the molecule is CC(C)(c1ccccc1)c1cc2c(c(C(C)(C)c3ccccc3)c1)OC(=O)/C2=C1/C(=O)Oc2c1cc(C(C)(C)c1ccccc1)cc2C(C)(C)c1ccccc1. The van der Waals surface area contributed by atoms with Gasteiger partial charge in [-0.2, -0.15) is 0 Å². The molecule has 0 saturated heterocycles. The third kappa shape index (κ3) is 5.91. The second-order valence-electron chi connectivity index (χ2n) is 17.3. The van der Waals surface area contributed by atoms with E-state index in [4.69, 9.17) is 9.47 Å². The average Bonchev–Trinajstić information content (AvgIpc) is 3.71. The van der Waals surface area contributed by atoms with Gasteiger partial charge in [0.15, 0.2) is 0 Å². The van der Waals surface area contributed by atoms with Crippen LogP contribution in [0.25, 0.3) is 11.1 Å². The molecule has 6 aromatic rings. The van der Waals surface area contributed by atoms with E-state index in [1.807, 2.05) is 72.8 Å². The summed E-state index contributed by atoms with van der Waals surface area (Å²) >= 11 is 0. The number of carbonyl (C=O) groups is 2. The highest BCUT2D eigenvalue weighted by molar-refractivity contribution is 6.41. The molecule has 0 saturated carbocycles. The third-order valence-corrected chi connectivity index (χ3v) is 12.5. The number of carbonyl (C=O) groups excluding carboxylic acids is 2. The second kappa shape index (κ2) is 13.3.